The molecule has 0 aromatic carbocycles. The topological polar surface area (TPSA) is 81.1 Å². The average molecular weight is 329 g/mol. The Hall–Kier alpha value is -1.92. The van der Waals surface area contributed by atoms with Gasteiger partial charge in [0.05, 0.1) is 5.41 Å². The molecule has 2 aromatic heterocycles. The molecule has 0 bridgehead atoms. The number of nitrogens with zero attached hydrogens (tertiary/aromatic N) is 5. The molecule has 2 aromatic rings. The maximum Gasteiger partial charge on any atom is 0.318 e. The van der Waals surface area contributed by atoms with E-state index in [1.807, 2.05) is 0 Å². The van der Waals surface area contributed by atoms with Crippen LogP contribution in [0.3, 0.4) is 0 Å². The minimum atomic E-state index is -0.0473. The van der Waals surface area contributed by atoms with Gasteiger partial charge in [0.1, 0.15) is 0 Å². The van der Waals surface area contributed by atoms with Crippen molar-refractivity contribution in [1.29, 1.82) is 0 Å². The number of hydrogen-bond acceptors (Lipinski definition) is 7. The smallest absolute Gasteiger partial charge is 0.318 e. The lowest BCUT2D eigenvalue weighted by Gasteiger charge is -2.23. The lowest BCUT2D eigenvalue weighted by Crippen LogP contribution is -2.32. The molecule has 1 saturated heterocycles. The Bertz CT molecular complexity index is 750. The summed E-state index contributed by atoms with van der Waals surface area (Å²) in [6.07, 6.45) is 5.86. The SMILES string of the molecule is CC(C)c1noc([C@]23CCC[C@H]2CN(c2nnc(C4CC4)o2)C3)n1. The van der Waals surface area contributed by atoms with Crippen LogP contribution < -0.4 is 4.90 Å². The van der Waals surface area contributed by atoms with Crippen LogP contribution in [0.2, 0.25) is 0 Å². The van der Waals surface area contributed by atoms with Gasteiger partial charge in [-0.1, -0.05) is 30.5 Å². The van der Waals surface area contributed by atoms with Crippen molar-refractivity contribution < 1.29 is 8.94 Å². The first-order chi connectivity index (χ1) is 11.7. The fourth-order valence-corrected chi connectivity index (χ4v) is 4.31. The monoisotopic (exact) mass is 329 g/mol. The summed E-state index contributed by atoms with van der Waals surface area (Å²) in [7, 11) is 0. The Morgan fingerprint density at radius 3 is 2.83 bits per heavy atom. The van der Waals surface area contributed by atoms with E-state index in [0.29, 0.717) is 17.9 Å². The lowest BCUT2D eigenvalue weighted by molar-refractivity contribution is 0.264. The van der Waals surface area contributed by atoms with E-state index in [0.717, 1.165) is 37.1 Å². The van der Waals surface area contributed by atoms with E-state index < -0.39 is 0 Å². The molecule has 1 aliphatic heterocycles. The van der Waals surface area contributed by atoms with Crippen molar-refractivity contribution in [3.63, 3.8) is 0 Å². The molecule has 128 valence electrons. The summed E-state index contributed by atoms with van der Waals surface area (Å²) in [5, 5.41) is 12.7. The molecule has 3 fully saturated rings. The van der Waals surface area contributed by atoms with Crippen LogP contribution in [0.1, 0.15) is 75.4 Å². The van der Waals surface area contributed by atoms with Crippen LogP contribution in [0.25, 0.3) is 0 Å². The van der Waals surface area contributed by atoms with Crippen molar-refractivity contribution in [2.75, 3.05) is 18.0 Å². The molecular formula is C17H23N5O2. The summed E-state index contributed by atoms with van der Waals surface area (Å²) in [6, 6.07) is 0.661. The molecule has 7 heteroatoms. The van der Waals surface area contributed by atoms with Gasteiger partial charge in [0.15, 0.2) is 5.82 Å². The molecule has 0 N–H and O–H groups in total. The van der Waals surface area contributed by atoms with Crippen LogP contribution in [0, 0.1) is 5.92 Å². The Kier molecular flexibility index (Phi) is 3.03. The Morgan fingerprint density at radius 2 is 2.08 bits per heavy atom. The van der Waals surface area contributed by atoms with Gasteiger partial charge in [-0.25, -0.2) is 0 Å². The van der Waals surface area contributed by atoms with E-state index in [1.165, 1.54) is 25.7 Å². The maximum absolute atomic E-state index is 5.92. The minimum Gasteiger partial charge on any atom is -0.408 e. The van der Waals surface area contributed by atoms with E-state index >= 15 is 0 Å². The zero-order valence-electron chi connectivity index (χ0n) is 14.2. The molecule has 0 unspecified atom stereocenters. The molecule has 3 heterocycles. The van der Waals surface area contributed by atoms with Crippen LogP contribution in [0.5, 0.6) is 0 Å². The molecule has 24 heavy (non-hydrogen) atoms. The highest BCUT2D eigenvalue weighted by Crippen LogP contribution is 2.51. The summed E-state index contributed by atoms with van der Waals surface area (Å²) in [5.74, 6) is 3.71. The molecule has 7 nitrogen and oxygen atoms in total. The first kappa shape index (κ1) is 14.4. The van der Waals surface area contributed by atoms with Crippen molar-refractivity contribution in [2.45, 2.75) is 63.2 Å². The van der Waals surface area contributed by atoms with Crippen molar-refractivity contribution >= 4 is 6.01 Å². The fraction of sp³-hybridized carbons (Fsp3) is 0.765. The molecule has 5 rings (SSSR count). The van der Waals surface area contributed by atoms with Crippen LogP contribution >= 0.6 is 0 Å². The van der Waals surface area contributed by atoms with Gasteiger partial charge < -0.3 is 13.8 Å². The number of anilines is 1. The second-order valence-corrected chi connectivity index (χ2v) is 7.94. The first-order valence-electron chi connectivity index (χ1n) is 9.08. The number of hydrogen-bond donors (Lipinski definition) is 0. The molecule has 0 spiro atoms. The Labute approximate surface area is 140 Å². The van der Waals surface area contributed by atoms with Gasteiger partial charge in [-0.05, 0) is 31.6 Å². The third-order valence-corrected chi connectivity index (χ3v) is 5.88. The largest absolute Gasteiger partial charge is 0.408 e. The van der Waals surface area contributed by atoms with Crippen molar-refractivity contribution in [3.05, 3.63) is 17.6 Å². The predicted octanol–water partition coefficient (Wildman–Crippen LogP) is 3.01. The van der Waals surface area contributed by atoms with Crippen molar-refractivity contribution in [1.82, 2.24) is 20.3 Å². The molecule has 2 aliphatic carbocycles. The molecule has 0 radical (unpaired) electrons. The minimum absolute atomic E-state index is 0.0473. The second kappa shape index (κ2) is 5.04. The quantitative estimate of drug-likeness (QED) is 0.852. The van der Waals surface area contributed by atoms with Crippen LogP contribution in [-0.2, 0) is 5.41 Å². The van der Waals surface area contributed by atoms with Crippen LogP contribution in [-0.4, -0.2) is 33.4 Å². The second-order valence-electron chi connectivity index (χ2n) is 7.94. The average Bonchev–Trinajstić information content (AvgIpc) is 3.01. The first-order valence-corrected chi connectivity index (χ1v) is 9.08. The number of fused-ring (bicyclic) bond motifs is 1. The van der Waals surface area contributed by atoms with E-state index in [1.54, 1.807) is 0 Å². The number of rotatable bonds is 4. The maximum atomic E-state index is 5.92. The van der Waals surface area contributed by atoms with Crippen molar-refractivity contribution in [3.8, 4) is 0 Å². The van der Waals surface area contributed by atoms with Crippen LogP contribution in [0.4, 0.5) is 6.01 Å². The summed E-state index contributed by atoms with van der Waals surface area (Å²) < 4.78 is 11.6. The van der Waals surface area contributed by atoms with E-state index in [4.69, 9.17) is 13.9 Å². The summed E-state index contributed by atoms with van der Waals surface area (Å²) in [5.41, 5.74) is -0.0473. The van der Waals surface area contributed by atoms with Gasteiger partial charge in [-0.3, -0.25) is 0 Å². The summed E-state index contributed by atoms with van der Waals surface area (Å²) in [4.78, 5) is 6.95. The summed E-state index contributed by atoms with van der Waals surface area (Å²) >= 11 is 0. The highest BCUT2D eigenvalue weighted by molar-refractivity contribution is 5.35. The number of aromatic nitrogens is 4. The normalized spacial score (nSPS) is 29.6. The highest BCUT2D eigenvalue weighted by atomic mass is 16.5. The van der Waals surface area contributed by atoms with E-state index in [-0.39, 0.29) is 11.3 Å². The Morgan fingerprint density at radius 1 is 1.21 bits per heavy atom. The molecule has 0 amide bonds. The van der Waals surface area contributed by atoms with Gasteiger partial charge in [0.2, 0.25) is 11.8 Å². The third-order valence-electron chi connectivity index (χ3n) is 5.88. The summed E-state index contributed by atoms with van der Waals surface area (Å²) in [6.45, 7) is 5.96. The van der Waals surface area contributed by atoms with Gasteiger partial charge in [-0.15, -0.1) is 5.10 Å². The van der Waals surface area contributed by atoms with Crippen LogP contribution in [0.15, 0.2) is 8.94 Å². The molecule has 2 saturated carbocycles. The molecular weight excluding hydrogens is 306 g/mol. The van der Waals surface area contributed by atoms with Crippen molar-refractivity contribution in [2.24, 2.45) is 5.92 Å². The zero-order chi connectivity index (χ0) is 16.3. The predicted molar refractivity (Wildman–Crippen MR) is 85.9 cm³/mol. The lowest BCUT2D eigenvalue weighted by atomic mass is 9.80. The van der Waals surface area contributed by atoms with E-state index in [2.05, 4.69) is 34.1 Å². The van der Waals surface area contributed by atoms with Gasteiger partial charge in [-0.2, -0.15) is 4.98 Å². The highest BCUT2D eigenvalue weighted by Gasteiger charge is 2.55. The Balaban J connectivity index is 1.44. The third kappa shape index (κ3) is 2.09. The molecule has 3 aliphatic rings. The van der Waals surface area contributed by atoms with Gasteiger partial charge in [0.25, 0.3) is 0 Å². The van der Waals surface area contributed by atoms with Gasteiger partial charge in [0, 0.05) is 24.9 Å². The standard InChI is InChI=1S/C17H23N5O2/c1-10(2)13-18-15(24-21-13)17-7-3-4-12(17)8-22(9-17)16-20-19-14(23-16)11-5-6-11/h10-12H,3-9H2,1-2H3/t12-,17-/m0/s1. The van der Waals surface area contributed by atoms with Gasteiger partial charge >= 0.3 is 6.01 Å². The van der Waals surface area contributed by atoms with E-state index in [9.17, 15) is 0 Å². The fourth-order valence-electron chi connectivity index (χ4n) is 4.31. The zero-order valence-corrected chi connectivity index (χ0v) is 14.2. The molecule has 2 atom stereocenters.